The van der Waals surface area contributed by atoms with Crippen molar-refractivity contribution in [1.29, 1.82) is 0 Å². The van der Waals surface area contributed by atoms with Crippen LogP contribution in [0.3, 0.4) is 0 Å². The third kappa shape index (κ3) is 2.76. The number of hydrogen-bond acceptors (Lipinski definition) is 4. The molecule has 2 N–H and O–H groups in total. The number of pyridine rings is 1. The molecule has 1 amide bonds. The second kappa shape index (κ2) is 5.98. The van der Waals surface area contributed by atoms with E-state index in [1.165, 1.54) is 6.42 Å². The molecule has 134 valence electrons. The predicted octanol–water partition coefficient (Wildman–Crippen LogP) is 0.774. The highest BCUT2D eigenvalue weighted by Crippen LogP contribution is 2.23. The van der Waals surface area contributed by atoms with Crippen LogP contribution >= 0.6 is 0 Å². The molecular formula is C18H25N5O2. The highest BCUT2D eigenvalue weighted by Gasteiger charge is 2.31. The molecule has 2 aliphatic rings. The van der Waals surface area contributed by atoms with Crippen molar-refractivity contribution in [1.82, 2.24) is 25.0 Å². The minimum atomic E-state index is -0.146. The Balaban J connectivity index is 1.63. The lowest BCUT2D eigenvalue weighted by atomic mass is 10.0. The van der Waals surface area contributed by atoms with Gasteiger partial charge >= 0.3 is 0 Å². The number of aromatic amines is 1. The van der Waals surface area contributed by atoms with E-state index in [4.69, 9.17) is 0 Å². The number of nitrogens with zero attached hydrogens (tertiary/aromatic N) is 3. The van der Waals surface area contributed by atoms with Crippen LogP contribution in [0.4, 0.5) is 0 Å². The Kier molecular flexibility index (Phi) is 3.91. The smallest absolute Gasteiger partial charge is 0.273 e. The number of aromatic nitrogens is 3. The van der Waals surface area contributed by atoms with Crippen molar-refractivity contribution in [2.24, 2.45) is 7.05 Å². The summed E-state index contributed by atoms with van der Waals surface area (Å²) in [7, 11) is 1.78. The first-order chi connectivity index (χ1) is 11.9. The summed E-state index contributed by atoms with van der Waals surface area (Å²) in [4.78, 5) is 31.6. The predicted molar refractivity (Wildman–Crippen MR) is 95.7 cm³/mol. The summed E-state index contributed by atoms with van der Waals surface area (Å²) in [5, 5.41) is 6.94. The SMILES string of the molecule is Cc1nc2c(c(C)c1CC(=O)N1CCC3CCC(C1)N3)c(=O)[nH]n2C. The molecule has 25 heavy (non-hydrogen) atoms. The van der Waals surface area contributed by atoms with E-state index in [1.54, 1.807) is 11.7 Å². The third-order valence-corrected chi connectivity index (χ3v) is 5.78. The molecule has 2 bridgehead atoms. The molecular weight excluding hydrogens is 318 g/mol. The summed E-state index contributed by atoms with van der Waals surface area (Å²) in [6.45, 7) is 5.43. The van der Waals surface area contributed by atoms with Gasteiger partial charge in [0.05, 0.1) is 11.8 Å². The summed E-state index contributed by atoms with van der Waals surface area (Å²) >= 11 is 0. The average molecular weight is 343 g/mol. The van der Waals surface area contributed by atoms with E-state index in [-0.39, 0.29) is 11.5 Å². The highest BCUT2D eigenvalue weighted by molar-refractivity contribution is 5.84. The second-order valence-electron chi connectivity index (χ2n) is 7.44. The molecule has 2 aromatic heterocycles. The van der Waals surface area contributed by atoms with Gasteiger partial charge in [0.25, 0.3) is 5.56 Å². The second-order valence-corrected chi connectivity index (χ2v) is 7.44. The van der Waals surface area contributed by atoms with Crippen LogP contribution in [0, 0.1) is 13.8 Å². The quantitative estimate of drug-likeness (QED) is 0.844. The average Bonchev–Trinajstić information content (AvgIpc) is 3.02. The molecule has 2 atom stereocenters. The Labute approximate surface area is 146 Å². The van der Waals surface area contributed by atoms with Gasteiger partial charge in [-0.1, -0.05) is 0 Å². The molecule has 0 radical (unpaired) electrons. The topological polar surface area (TPSA) is 83.0 Å². The van der Waals surface area contributed by atoms with Crippen LogP contribution in [0.25, 0.3) is 11.0 Å². The van der Waals surface area contributed by atoms with Gasteiger partial charge in [-0.3, -0.25) is 19.4 Å². The van der Waals surface area contributed by atoms with Crippen LogP contribution in [-0.4, -0.2) is 50.7 Å². The number of likely N-dealkylation sites (tertiary alicyclic amines) is 1. The Morgan fingerprint density at radius 2 is 2.00 bits per heavy atom. The molecule has 2 saturated heterocycles. The minimum Gasteiger partial charge on any atom is -0.341 e. The van der Waals surface area contributed by atoms with Crippen molar-refractivity contribution >= 4 is 16.9 Å². The lowest BCUT2D eigenvalue weighted by molar-refractivity contribution is -0.130. The normalized spacial score (nSPS) is 23.2. The van der Waals surface area contributed by atoms with E-state index in [2.05, 4.69) is 15.4 Å². The van der Waals surface area contributed by atoms with Gasteiger partial charge in [0.15, 0.2) is 5.65 Å². The standard InChI is InChI=1S/C18H25N5O2/c1-10-14(11(2)19-17-16(10)18(25)21-22(17)3)8-15(24)23-7-6-12-4-5-13(9-23)20-12/h12-13,20H,4-9H2,1-3H3,(H,21,25). The molecule has 7 heteroatoms. The summed E-state index contributed by atoms with van der Waals surface area (Å²) < 4.78 is 1.64. The molecule has 2 unspecified atom stereocenters. The van der Waals surface area contributed by atoms with Gasteiger partial charge in [-0.2, -0.15) is 0 Å². The van der Waals surface area contributed by atoms with E-state index in [1.807, 2.05) is 18.7 Å². The fourth-order valence-corrected chi connectivity index (χ4v) is 4.34. The molecule has 0 aliphatic carbocycles. The summed E-state index contributed by atoms with van der Waals surface area (Å²) in [5.41, 5.74) is 3.08. The van der Waals surface area contributed by atoms with Gasteiger partial charge in [-0.05, 0) is 44.2 Å². The van der Waals surface area contributed by atoms with Crippen LogP contribution < -0.4 is 10.9 Å². The van der Waals surface area contributed by atoms with E-state index >= 15 is 0 Å². The lowest BCUT2D eigenvalue weighted by Gasteiger charge is -2.25. The minimum absolute atomic E-state index is 0.133. The van der Waals surface area contributed by atoms with Crippen molar-refractivity contribution in [3.05, 3.63) is 27.2 Å². The lowest BCUT2D eigenvalue weighted by Crippen LogP contribution is -2.40. The summed E-state index contributed by atoms with van der Waals surface area (Å²) in [5.74, 6) is 0.133. The van der Waals surface area contributed by atoms with Gasteiger partial charge in [-0.25, -0.2) is 4.98 Å². The molecule has 0 saturated carbocycles. The molecule has 2 aliphatic heterocycles. The zero-order valence-electron chi connectivity index (χ0n) is 15.1. The van der Waals surface area contributed by atoms with Crippen LogP contribution in [0.15, 0.2) is 4.79 Å². The molecule has 2 fully saturated rings. The van der Waals surface area contributed by atoms with Gasteiger partial charge in [0.1, 0.15) is 0 Å². The van der Waals surface area contributed by atoms with Crippen molar-refractivity contribution < 1.29 is 4.79 Å². The van der Waals surface area contributed by atoms with Gasteiger partial charge < -0.3 is 10.2 Å². The van der Waals surface area contributed by atoms with Gasteiger partial charge in [0.2, 0.25) is 5.91 Å². The van der Waals surface area contributed by atoms with Crippen LogP contribution in [0.5, 0.6) is 0 Å². The maximum atomic E-state index is 12.9. The fourth-order valence-electron chi connectivity index (χ4n) is 4.34. The van der Waals surface area contributed by atoms with Crippen LogP contribution in [-0.2, 0) is 18.3 Å². The zero-order chi connectivity index (χ0) is 17.7. The molecule has 0 aromatic carbocycles. The maximum absolute atomic E-state index is 12.9. The largest absolute Gasteiger partial charge is 0.341 e. The van der Waals surface area contributed by atoms with E-state index < -0.39 is 0 Å². The Morgan fingerprint density at radius 1 is 1.24 bits per heavy atom. The monoisotopic (exact) mass is 343 g/mol. The van der Waals surface area contributed by atoms with Gasteiger partial charge in [-0.15, -0.1) is 0 Å². The molecule has 7 nitrogen and oxygen atoms in total. The van der Waals surface area contributed by atoms with Crippen LogP contribution in [0.2, 0.25) is 0 Å². The number of amides is 1. The summed E-state index contributed by atoms with van der Waals surface area (Å²) in [6.07, 6.45) is 3.71. The number of fused-ring (bicyclic) bond motifs is 3. The molecule has 0 spiro atoms. The van der Waals surface area contributed by atoms with Crippen LogP contribution in [0.1, 0.15) is 36.1 Å². The van der Waals surface area contributed by atoms with E-state index in [0.29, 0.717) is 29.5 Å². The number of carbonyl (C=O) groups excluding carboxylic acids is 1. The molecule has 2 aromatic rings. The first kappa shape index (κ1) is 16.3. The number of H-pyrrole nitrogens is 1. The van der Waals surface area contributed by atoms with Crippen molar-refractivity contribution in [3.8, 4) is 0 Å². The number of carbonyl (C=O) groups is 1. The number of aryl methyl sites for hydroxylation is 3. The Bertz CT molecular complexity index is 897. The van der Waals surface area contributed by atoms with E-state index in [9.17, 15) is 9.59 Å². The third-order valence-electron chi connectivity index (χ3n) is 5.78. The molecule has 4 rings (SSSR count). The first-order valence-electron chi connectivity index (χ1n) is 9.02. The highest BCUT2D eigenvalue weighted by atomic mass is 16.2. The first-order valence-corrected chi connectivity index (χ1v) is 9.02. The van der Waals surface area contributed by atoms with Gasteiger partial charge in [0, 0.05) is 37.9 Å². The number of nitrogens with one attached hydrogen (secondary N) is 2. The Morgan fingerprint density at radius 3 is 2.80 bits per heavy atom. The maximum Gasteiger partial charge on any atom is 0.273 e. The molecule has 4 heterocycles. The number of hydrogen-bond donors (Lipinski definition) is 2. The fraction of sp³-hybridized carbons (Fsp3) is 0.611. The zero-order valence-corrected chi connectivity index (χ0v) is 15.1. The Hall–Kier alpha value is -2.15. The number of rotatable bonds is 2. The summed E-state index contributed by atoms with van der Waals surface area (Å²) in [6, 6.07) is 0.989. The van der Waals surface area contributed by atoms with E-state index in [0.717, 1.165) is 42.8 Å². The van der Waals surface area contributed by atoms with Crippen molar-refractivity contribution in [2.45, 2.75) is 51.6 Å². The van der Waals surface area contributed by atoms with Crippen molar-refractivity contribution in [2.75, 3.05) is 13.1 Å². The van der Waals surface area contributed by atoms with Crippen molar-refractivity contribution in [3.63, 3.8) is 0 Å².